The van der Waals surface area contributed by atoms with Crippen molar-refractivity contribution in [1.29, 1.82) is 0 Å². The standard InChI is InChI=1S/C14H13N5O2/c1-9-7-11(3-4-13(9)19-8-15-17-18-19)16-14(20)12-5-6-21-10(12)2/h3-8H,1-2H3,(H,16,20). The van der Waals surface area contributed by atoms with E-state index in [1.807, 2.05) is 19.1 Å². The summed E-state index contributed by atoms with van der Waals surface area (Å²) in [5.74, 6) is 0.394. The molecule has 7 heteroatoms. The molecule has 7 nitrogen and oxygen atoms in total. The third-order valence-electron chi connectivity index (χ3n) is 3.15. The summed E-state index contributed by atoms with van der Waals surface area (Å²) in [5.41, 5.74) is 3.04. The number of nitrogens with one attached hydrogen (secondary N) is 1. The van der Waals surface area contributed by atoms with Crippen LogP contribution in [0.4, 0.5) is 5.69 Å². The zero-order valence-corrected chi connectivity index (χ0v) is 11.6. The van der Waals surface area contributed by atoms with Crippen molar-refractivity contribution in [3.63, 3.8) is 0 Å². The van der Waals surface area contributed by atoms with Crippen molar-refractivity contribution in [3.05, 3.63) is 53.7 Å². The lowest BCUT2D eigenvalue weighted by Gasteiger charge is -2.09. The number of carbonyl (C=O) groups is 1. The van der Waals surface area contributed by atoms with Gasteiger partial charge >= 0.3 is 0 Å². The van der Waals surface area contributed by atoms with E-state index in [0.717, 1.165) is 11.3 Å². The van der Waals surface area contributed by atoms with Crippen LogP contribution in [-0.4, -0.2) is 26.1 Å². The van der Waals surface area contributed by atoms with E-state index in [4.69, 9.17) is 4.42 Å². The zero-order valence-electron chi connectivity index (χ0n) is 11.6. The van der Waals surface area contributed by atoms with Crippen LogP contribution in [0.3, 0.4) is 0 Å². The highest BCUT2D eigenvalue weighted by Crippen LogP contribution is 2.19. The van der Waals surface area contributed by atoms with Crippen molar-refractivity contribution in [2.75, 3.05) is 5.32 Å². The number of tetrazole rings is 1. The van der Waals surface area contributed by atoms with E-state index in [1.54, 1.807) is 23.7 Å². The minimum absolute atomic E-state index is 0.198. The SMILES string of the molecule is Cc1cc(NC(=O)c2ccoc2C)ccc1-n1cnnn1. The van der Waals surface area contributed by atoms with Gasteiger partial charge in [-0.25, -0.2) is 4.68 Å². The average molecular weight is 283 g/mol. The second-order valence-electron chi connectivity index (χ2n) is 4.60. The van der Waals surface area contributed by atoms with Gasteiger partial charge in [0.2, 0.25) is 0 Å². The molecule has 0 aliphatic rings. The maximum absolute atomic E-state index is 12.1. The Morgan fingerprint density at radius 3 is 2.76 bits per heavy atom. The van der Waals surface area contributed by atoms with Gasteiger partial charge < -0.3 is 9.73 Å². The third-order valence-corrected chi connectivity index (χ3v) is 3.15. The second kappa shape index (κ2) is 5.20. The number of anilines is 1. The molecule has 0 radical (unpaired) electrons. The van der Waals surface area contributed by atoms with Crippen LogP contribution in [0.5, 0.6) is 0 Å². The Morgan fingerprint density at radius 2 is 2.14 bits per heavy atom. The lowest BCUT2D eigenvalue weighted by Crippen LogP contribution is -2.12. The molecule has 0 saturated carbocycles. The molecule has 2 heterocycles. The van der Waals surface area contributed by atoms with Crippen molar-refractivity contribution in [2.45, 2.75) is 13.8 Å². The van der Waals surface area contributed by atoms with Gasteiger partial charge in [0.1, 0.15) is 12.1 Å². The molecule has 0 fully saturated rings. The van der Waals surface area contributed by atoms with Gasteiger partial charge in [-0.15, -0.1) is 5.10 Å². The minimum atomic E-state index is -0.198. The molecular formula is C14H13N5O2. The van der Waals surface area contributed by atoms with Gasteiger partial charge in [0, 0.05) is 5.69 Å². The molecule has 0 aliphatic carbocycles. The normalized spacial score (nSPS) is 10.6. The number of furan rings is 1. The van der Waals surface area contributed by atoms with Crippen molar-refractivity contribution in [2.24, 2.45) is 0 Å². The molecule has 21 heavy (non-hydrogen) atoms. The number of aromatic nitrogens is 4. The summed E-state index contributed by atoms with van der Waals surface area (Å²) < 4.78 is 6.70. The molecule has 1 amide bonds. The average Bonchev–Trinajstić information content (AvgIpc) is 3.10. The summed E-state index contributed by atoms with van der Waals surface area (Å²) in [6.45, 7) is 3.68. The number of carbonyl (C=O) groups excluding carboxylic acids is 1. The van der Waals surface area contributed by atoms with Crippen molar-refractivity contribution in [3.8, 4) is 5.69 Å². The summed E-state index contributed by atoms with van der Waals surface area (Å²) in [5, 5.41) is 13.9. The van der Waals surface area contributed by atoms with E-state index in [0.29, 0.717) is 17.0 Å². The molecule has 2 aromatic heterocycles. The summed E-state index contributed by atoms with van der Waals surface area (Å²) >= 11 is 0. The number of hydrogen-bond acceptors (Lipinski definition) is 5. The Balaban J connectivity index is 1.83. The molecule has 0 saturated heterocycles. The molecule has 1 N–H and O–H groups in total. The molecule has 3 rings (SSSR count). The fourth-order valence-corrected chi connectivity index (χ4v) is 2.08. The summed E-state index contributed by atoms with van der Waals surface area (Å²) in [6, 6.07) is 7.16. The van der Waals surface area contributed by atoms with Crippen LogP contribution in [0.1, 0.15) is 21.7 Å². The molecule has 0 spiro atoms. The third kappa shape index (κ3) is 2.53. The van der Waals surface area contributed by atoms with Crippen LogP contribution in [0, 0.1) is 13.8 Å². The minimum Gasteiger partial charge on any atom is -0.469 e. The van der Waals surface area contributed by atoms with E-state index in [1.165, 1.54) is 12.6 Å². The predicted molar refractivity (Wildman–Crippen MR) is 75.3 cm³/mol. The highest BCUT2D eigenvalue weighted by molar-refractivity contribution is 6.04. The van der Waals surface area contributed by atoms with Gasteiger partial charge in [-0.2, -0.15) is 0 Å². The predicted octanol–water partition coefficient (Wildman–Crippen LogP) is 2.12. The van der Waals surface area contributed by atoms with Gasteiger partial charge in [0.15, 0.2) is 0 Å². The van der Waals surface area contributed by atoms with Crippen LogP contribution < -0.4 is 5.32 Å². The summed E-state index contributed by atoms with van der Waals surface area (Å²) in [7, 11) is 0. The first-order valence-corrected chi connectivity index (χ1v) is 6.34. The molecule has 0 aliphatic heterocycles. The van der Waals surface area contributed by atoms with E-state index >= 15 is 0 Å². The molecule has 0 bridgehead atoms. The summed E-state index contributed by atoms with van der Waals surface area (Å²) in [6.07, 6.45) is 3.02. The van der Waals surface area contributed by atoms with Crippen LogP contribution >= 0.6 is 0 Å². The Morgan fingerprint density at radius 1 is 1.29 bits per heavy atom. The number of benzene rings is 1. The van der Waals surface area contributed by atoms with Crippen molar-refractivity contribution < 1.29 is 9.21 Å². The van der Waals surface area contributed by atoms with Gasteiger partial charge in [0.05, 0.1) is 17.5 Å². The zero-order chi connectivity index (χ0) is 14.8. The number of amides is 1. The van der Waals surface area contributed by atoms with E-state index in [2.05, 4.69) is 20.8 Å². The van der Waals surface area contributed by atoms with Crippen LogP contribution in [0.25, 0.3) is 5.69 Å². The van der Waals surface area contributed by atoms with Crippen LogP contribution in [0.15, 0.2) is 41.3 Å². The van der Waals surface area contributed by atoms with Crippen molar-refractivity contribution in [1.82, 2.24) is 20.2 Å². The van der Waals surface area contributed by atoms with E-state index in [9.17, 15) is 4.79 Å². The first-order valence-electron chi connectivity index (χ1n) is 6.34. The van der Waals surface area contributed by atoms with E-state index in [-0.39, 0.29) is 5.91 Å². The fourth-order valence-electron chi connectivity index (χ4n) is 2.08. The Bertz CT molecular complexity index is 777. The first-order chi connectivity index (χ1) is 10.1. The number of rotatable bonds is 3. The maximum atomic E-state index is 12.1. The number of hydrogen-bond donors (Lipinski definition) is 1. The lowest BCUT2D eigenvalue weighted by atomic mass is 10.1. The fraction of sp³-hybridized carbons (Fsp3) is 0.143. The Kier molecular flexibility index (Phi) is 3.23. The van der Waals surface area contributed by atoms with Gasteiger partial charge in [-0.3, -0.25) is 4.79 Å². The first kappa shape index (κ1) is 13.0. The van der Waals surface area contributed by atoms with Crippen LogP contribution in [0.2, 0.25) is 0 Å². The lowest BCUT2D eigenvalue weighted by molar-refractivity contribution is 0.102. The van der Waals surface area contributed by atoms with Gasteiger partial charge in [-0.05, 0) is 54.1 Å². The maximum Gasteiger partial charge on any atom is 0.259 e. The molecule has 106 valence electrons. The van der Waals surface area contributed by atoms with E-state index < -0.39 is 0 Å². The monoisotopic (exact) mass is 283 g/mol. The Labute approximate surface area is 120 Å². The van der Waals surface area contributed by atoms with Gasteiger partial charge in [-0.1, -0.05) is 0 Å². The molecule has 0 unspecified atom stereocenters. The van der Waals surface area contributed by atoms with Crippen LogP contribution in [-0.2, 0) is 0 Å². The molecule has 3 aromatic rings. The Hall–Kier alpha value is -2.96. The van der Waals surface area contributed by atoms with Gasteiger partial charge in [0.25, 0.3) is 5.91 Å². The van der Waals surface area contributed by atoms with Crippen molar-refractivity contribution >= 4 is 11.6 Å². The highest BCUT2D eigenvalue weighted by Gasteiger charge is 2.12. The largest absolute Gasteiger partial charge is 0.469 e. The molecule has 1 aromatic carbocycles. The topological polar surface area (TPSA) is 85.8 Å². The molecule has 0 atom stereocenters. The summed E-state index contributed by atoms with van der Waals surface area (Å²) in [4.78, 5) is 12.1. The number of aryl methyl sites for hydroxylation is 2. The highest BCUT2D eigenvalue weighted by atomic mass is 16.3. The number of nitrogens with zero attached hydrogens (tertiary/aromatic N) is 4. The quantitative estimate of drug-likeness (QED) is 0.795. The smallest absolute Gasteiger partial charge is 0.259 e. The molecular weight excluding hydrogens is 270 g/mol. The second-order valence-corrected chi connectivity index (χ2v) is 4.60.